The molecule has 33 heavy (non-hydrogen) atoms. The Morgan fingerprint density at radius 2 is 1.85 bits per heavy atom. The van der Waals surface area contributed by atoms with Crippen LogP contribution in [0.2, 0.25) is 0 Å². The number of H-pyrrole nitrogens is 1. The fourth-order valence-electron chi connectivity index (χ4n) is 3.61. The summed E-state index contributed by atoms with van der Waals surface area (Å²) in [6.07, 6.45) is 1.81. The third-order valence-electron chi connectivity index (χ3n) is 5.39. The summed E-state index contributed by atoms with van der Waals surface area (Å²) in [7, 11) is 3.32. The third kappa shape index (κ3) is 7.26. The molecule has 0 saturated carbocycles. The minimum absolute atomic E-state index is 0. The van der Waals surface area contributed by atoms with Crippen molar-refractivity contribution in [2.45, 2.75) is 32.3 Å². The monoisotopic (exact) mass is 566 g/mol. The molecule has 0 amide bonds. The van der Waals surface area contributed by atoms with Crippen LogP contribution in [0.3, 0.4) is 0 Å². The van der Waals surface area contributed by atoms with Gasteiger partial charge in [0.15, 0.2) is 5.96 Å². The molecular weight excluding hydrogens is 531 g/mol. The Balaban J connectivity index is 0.00000385. The van der Waals surface area contributed by atoms with E-state index < -0.39 is 5.60 Å². The van der Waals surface area contributed by atoms with Gasteiger partial charge in [0.05, 0.1) is 26.3 Å². The van der Waals surface area contributed by atoms with Gasteiger partial charge in [0, 0.05) is 36.3 Å². The number of benzene rings is 2. The molecular formula is C25H35IN4O3. The van der Waals surface area contributed by atoms with Crippen molar-refractivity contribution >= 4 is 40.8 Å². The summed E-state index contributed by atoms with van der Waals surface area (Å²) in [5, 5.41) is 18.4. The molecule has 0 bridgehead atoms. The third-order valence-corrected chi connectivity index (χ3v) is 5.39. The standard InChI is InChI=1S/C25H34N4O3.HI/c1-5-26-24(28-17-25(2,30)18-10-7-6-8-11-18)27-13-9-12-19-14-21-22(29-19)15-20(31-3)16-23(21)32-4;/h6-8,10-11,14-16,29-30H,5,9,12-13,17H2,1-4H3,(H2,26,27,28);1H. The van der Waals surface area contributed by atoms with Gasteiger partial charge in [-0.05, 0) is 38.3 Å². The number of rotatable bonds is 10. The van der Waals surface area contributed by atoms with Crippen LogP contribution in [0, 0.1) is 0 Å². The molecule has 0 aliphatic carbocycles. The van der Waals surface area contributed by atoms with Crippen LogP contribution in [0.4, 0.5) is 0 Å². The number of aromatic nitrogens is 1. The zero-order chi connectivity index (χ0) is 23.0. The fraction of sp³-hybridized carbons (Fsp3) is 0.400. The van der Waals surface area contributed by atoms with Crippen molar-refractivity contribution in [2.75, 3.05) is 33.9 Å². The van der Waals surface area contributed by atoms with Gasteiger partial charge in [-0.25, -0.2) is 4.99 Å². The highest BCUT2D eigenvalue weighted by Crippen LogP contribution is 2.31. The number of hydrogen-bond donors (Lipinski definition) is 4. The second-order valence-corrected chi connectivity index (χ2v) is 7.95. The average Bonchev–Trinajstić information content (AvgIpc) is 3.23. The van der Waals surface area contributed by atoms with Gasteiger partial charge in [0.1, 0.15) is 17.1 Å². The van der Waals surface area contributed by atoms with Crippen LogP contribution < -0.4 is 20.1 Å². The smallest absolute Gasteiger partial charge is 0.191 e. The molecule has 3 rings (SSSR count). The molecule has 1 unspecified atom stereocenters. The van der Waals surface area contributed by atoms with Crippen LogP contribution >= 0.6 is 24.0 Å². The molecule has 1 atom stereocenters. The zero-order valence-corrected chi connectivity index (χ0v) is 22.1. The lowest BCUT2D eigenvalue weighted by Gasteiger charge is -2.22. The lowest BCUT2D eigenvalue weighted by molar-refractivity contribution is 0.0672. The van der Waals surface area contributed by atoms with Crippen LogP contribution in [-0.2, 0) is 12.0 Å². The van der Waals surface area contributed by atoms with E-state index in [0.29, 0.717) is 5.96 Å². The molecule has 0 aliphatic heterocycles. The quantitative estimate of drug-likeness (QED) is 0.128. The van der Waals surface area contributed by atoms with Crippen LogP contribution in [-0.4, -0.2) is 49.9 Å². The molecule has 7 nitrogen and oxygen atoms in total. The van der Waals surface area contributed by atoms with Gasteiger partial charge in [0.2, 0.25) is 0 Å². The predicted molar refractivity (Wildman–Crippen MR) is 145 cm³/mol. The van der Waals surface area contributed by atoms with E-state index in [2.05, 4.69) is 26.7 Å². The van der Waals surface area contributed by atoms with Crippen molar-refractivity contribution in [1.82, 2.24) is 15.6 Å². The Bertz CT molecular complexity index is 1030. The normalized spacial score (nSPS) is 13.2. The predicted octanol–water partition coefficient (Wildman–Crippen LogP) is 4.20. The first-order chi connectivity index (χ1) is 15.5. The molecule has 0 aliphatic rings. The van der Waals surface area contributed by atoms with E-state index in [4.69, 9.17) is 9.47 Å². The molecule has 180 valence electrons. The maximum Gasteiger partial charge on any atom is 0.191 e. The van der Waals surface area contributed by atoms with E-state index in [-0.39, 0.29) is 30.5 Å². The highest BCUT2D eigenvalue weighted by atomic mass is 127. The maximum absolute atomic E-state index is 10.8. The number of nitrogens with one attached hydrogen (secondary N) is 3. The Morgan fingerprint density at radius 1 is 1.09 bits per heavy atom. The fourth-order valence-corrected chi connectivity index (χ4v) is 3.61. The van der Waals surface area contributed by atoms with Gasteiger partial charge >= 0.3 is 0 Å². The molecule has 0 radical (unpaired) electrons. The number of aliphatic imine (C=N–C) groups is 1. The topological polar surface area (TPSA) is 90.9 Å². The second-order valence-electron chi connectivity index (χ2n) is 7.95. The lowest BCUT2D eigenvalue weighted by Crippen LogP contribution is -2.39. The number of guanidine groups is 1. The molecule has 1 heterocycles. The van der Waals surface area contributed by atoms with Crippen molar-refractivity contribution in [3.8, 4) is 11.5 Å². The van der Waals surface area contributed by atoms with E-state index in [1.807, 2.05) is 49.4 Å². The van der Waals surface area contributed by atoms with Gasteiger partial charge in [0.25, 0.3) is 0 Å². The summed E-state index contributed by atoms with van der Waals surface area (Å²) in [4.78, 5) is 8.04. The van der Waals surface area contributed by atoms with Crippen LogP contribution in [0.5, 0.6) is 11.5 Å². The molecule has 0 saturated heterocycles. The number of methoxy groups -OCH3 is 2. The van der Waals surface area contributed by atoms with Crippen LogP contribution in [0.15, 0.2) is 53.5 Å². The number of ether oxygens (including phenoxy) is 2. The number of halogens is 1. The minimum Gasteiger partial charge on any atom is -0.497 e. The number of aliphatic hydroxyl groups is 1. The maximum atomic E-state index is 10.8. The van der Waals surface area contributed by atoms with Crippen molar-refractivity contribution < 1.29 is 14.6 Å². The molecule has 1 aromatic heterocycles. The first-order valence-corrected chi connectivity index (χ1v) is 11.0. The highest BCUT2D eigenvalue weighted by molar-refractivity contribution is 14.0. The summed E-state index contributed by atoms with van der Waals surface area (Å²) in [6.45, 7) is 5.60. The molecule has 0 fully saturated rings. The van der Waals surface area contributed by atoms with E-state index in [0.717, 1.165) is 59.6 Å². The Morgan fingerprint density at radius 3 is 2.52 bits per heavy atom. The summed E-state index contributed by atoms with van der Waals surface area (Å²) < 4.78 is 10.8. The zero-order valence-electron chi connectivity index (χ0n) is 19.8. The number of nitrogens with zero attached hydrogens (tertiary/aromatic N) is 1. The minimum atomic E-state index is -1.02. The molecule has 0 spiro atoms. The van der Waals surface area contributed by atoms with Gasteiger partial charge in [-0.1, -0.05) is 30.3 Å². The van der Waals surface area contributed by atoms with Crippen molar-refractivity contribution in [3.05, 3.63) is 59.8 Å². The van der Waals surface area contributed by atoms with E-state index in [1.165, 1.54) is 0 Å². The molecule has 4 N–H and O–H groups in total. The van der Waals surface area contributed by atoms with Crippen molar-refractivity contribution in [2.24, 2.45) is 4.99 Å². The number of aryl methyl sites for hydroxylation is 1. The Hall–Kier alpha value is -2.46. The van der Waals surface area contributed by atoms with Crippen molar-refractivity contribution in [1.29, 1.82) is 0 Å². The van der Waals surface area contributed by atoms with Gasteiger partial charge in [-0.3, -0.25) is 0 Å². The number of hydrogen-bond acceptors (Lipinski definition) is 4. The number of aromatic amines is 1. The SMILES string of the molecule is CCNC(=NCC(C)(O)c1ccccc1)NCCCc1cc2c(OC)cc(OC)cc2[nH]1.I. The molecule has 3 aromatic rings. The summed E-state index contributed by atoms with van der Waals surface area (Å²) in [5.74, 6) is 2.26. The summed E-state index contributed by atoms with van der Waals surface area (Å²) >= 11 is 0. The number of fused-ring (bicyclic) bond motifs is 1. The van der Waals surface area contributed by atoms with Crippen LogP contribution in [0.25, 0.3) is 10.9 Å². The summed E-state index contributed by atoms with van der Waals surface area (Å²) in [6, 6.07) is 15.6. The largest absolute Gasteiger partial charge is 0.497 e. The van der Waals surface area contributed by atoms with Gasteiger partial charge in [-0.15, -0.1) is 24.0 Å². The molecule has 2 aromatic carbocycles. The van der Waals surface area contributed by atoms with E-state index in [1.54, 1.807) is 21.1 Å². The first kappa shape index (κ1) is 26.8. The van der Waals surface area contributed by atoms with Gasteiger partial charge in [-0.2, -0.15) is 0 Å². The average molecular weight is 566 g/mol. The highest BCUT2D eigenvalue weighted by Gasteiger charge is 2.22. The van der Waals surface area contributed by atoms with Gasteiger partial charge < -0.3 is 30.2 Å². The Labute approximate surface area is 213 Å². The first-order valence-electron chi connectivity index (χ1n) is 11.0. The van der Waals surface area contributed by atoms with Crippen molar-refractivity contribution in [3.63, 3.8) is 0 Å². The van der Waals surface area contributed by atoms with E-state index >= 15 is 0 Å². The second kappa shape index (κ2) is 12.7. The van der Waals surface area contributed by atoms with E-state index in [9.17, 15) is 5.11 Å². The summed E-state index contributed by atoms with van der Waals surface area (Å²) in [5.41, 5.74) is 1.98. The molecule has 8 heteroatoms. The van der Waals surface area contributed by atoms with Crippen LogP contribution in [0.1, 0.15) is 31.5 Å². The lowest BCUT2D eigenvalue weighted by atomic mass is 9.96. The Kier molecular flexibility index (Phi) is 10.3.